The fraction of sp³-hybridized carbons (Fsp3) is 0. The van der Waals surface area contributed by atoms with Gasteiger partial charge in [-0.05, 0) is 41.5 Å². The van der Waals surface area contributed by atoms with Crippen LogP contribution in [-0.4, -0.2) is 0 Å². The summed E-state index contributed by atoms with van der Waals surface area (Å²) < 4.78 is 0. The largest absolute Gasteiger partial charge is 0.192 e. The van der Waals surface area contributed by atoms with Crippen LogP contribution in [0.1, 0.15) is 22.3 Å². The van der Waals surface area contributed by atoms with Gasteiger partial charge in [0, 0.05) is 0 Å². The predicted molar refractivity (Wildman–Crippen MR) is 75.8 cm³/mol. The molecule has 3 heteroatoms. The first kappa shape index (κ1) is 13.1. The molecule has 0 saturated heterocycles. The molecule has 0 heterocycles. The summed E-state index contributed by atoms with van der Waals surface area (Å²) >= 11 is 0. The highest BCUT2D eigenvalue weighted by atomic mass is 14.3. The van der Waals surface area contributed by atoms with E-state index in [1.165, 1.54) is 0 Å². The minimum atomic E-state index is 0.513. The van der Waals surface area contributed by atoms with Crippen molar-refractivity contribution in [3.63, 3.8) is 0 Å². The Hall–Kier alpha value is -3.35. The minimum Gasteiger partial charge on any atom is -0.192 e. The van der Waals surface area contributed by atoms with E-state index < -0.39 is 0 Å². The Morgan fingerprint density at radius 3 is 1.70 bits per heavy atom. The van der Waals surface area contributed by atoms with Crippen LogP contribution in [0, 0.1) is 34.0 Å². The molecule has 0 atom stereocenters. The summed E-state index contributed by atoms with van der Waals surface area (Å²) in [5, 5.41) is 26.7. The Kier molecular flexibility index (Phi) is 3.93. The molecule has 0 N–H and O–H groups in total. The molecule has 2 aromatic rings. The topological polar surface area (TPSA) is 71.4 Å². The molecule has 0 bridgehead atoms. The maximum absolute atomic E-state index is 9.23. The second-order valence-corrected chi connectivity index (χ2v) is 4.09. The Morgan fingerprint density at radius 2 is 1.25 bits per heavy atom. The Morgan fingerprint density at radius 1 is 0.750 bits per heavy atom. The van der Waals surface area contributed by atoms with Crippen molar-refractivity contribution in [1.82, 2.24) is 0 Å². The van der Waals surface area contributed by atoms with E-state index in [-0.39, 0.29) is 0 Å². The van der Waals surface area contributed by atoms with Gasteiger partial charge in [-0.3, -0.25) is 0 Å². The molecule has 0 spiro atoms. The lowest BCUT2D eigenvalue weighted by atomic mass is 10.0. The van der Waals surface area contributed by atoms with E-state index in [0.29, 0.717) is 16.7 Å². The summed E-state index contributed by atoms with van der Waals surface area (Å²) in [6.45, 7) is 0. The number of hydrogen-bond acceptors (Lipinski definition) is 3. The third-order valence-electron chi connectivity index (χ3n) is 2.80. The van der Waals surface area contributed by atoms with E-state index in [9.17, 15) is 5.26 Å². The van der Waals surface area contributed by atoms with Crippen molar-refractivity contribution in [3.05, 3.63) is 70.8 Å². The van der Waals surface area contributed by atoms with Crippen molar-refractivity contribution in [2.24, 2.45) is 0 Å². The lowest BCUT2D eigenvalue weighted by Crippen LogP contribution is -1.83. The highest BCUT2D eigenvalue weighted by Crippen LogP contribution is 2.18. The van der Waals surface area contributed by atoms with Gasteiger partial charge in [-0.25, -0.2) is 0 Å². The van der Waals surface area contributed by atoms with Crippen LogP contribution < -0.4 is 0 Å². The summed E-state index contributed by atoms with van der Waals surface area (Å²) in [6.07, 6.45) is 1.75. The molecular formula is C17H9N3. The molecule has 3 nitrogen and oxygen atoms in total. The first-order valence-electron chi connectivity index (χ1n) is 5.89. The lowest BCUT2D eigenvalue weighted by molar-refractivity contribution is 1.47. The molecular weight excluding hydrogens is 246 g/mol. The van der Waals surface area contributed by atoms with Gasteiger partial charge in [-0.15, -0.1) is 0 Å². The van der Waals surface area contributed by atoms with Crippen molar-refractivity contribution in [3.8, 4) is 18.2 Å². The summed E-state index contributed by atoms with van der Waals surface area (Å²) in [7, 11) is 0. The minimum absolute atomic E-state index is 0.513. The van der Waals surface area contributed by atoms with Gasteiger partial charge in [0.05, 0.1) is 34.9 Å². The number of rotatable bonds is 2. The predicted octanol–water partition coefficient (Wildman–Crippen LogP) is 3.49. The first-order chi connectivity index (χ1) is 9.76. The molecule has 2 rings (SSSR count). The average molecular weight is 255 g/mol. The summed E-state index contributed by atoms with van der Waals surface area (Å²) in [5.74, 6) is 0. The van der Waals surface area contributed by atoms with E-state index in [0.717, 1.165) is 11.1 Å². The summed E-state index contributed by atoms with van der Waals surface area (Å²) in [4.78, 5) is 0. The second kappa shape index (κ2) is 6.01. The number of allylic oxidation sites excluding steroid dienone is 1. The van der Waals surface area contributed by atoms with Crippen LogP contribution in [-0.2, 0) is 0 Å². The van der Waals surface area contributed by atoms with E-state index in [2.05, 4.69) is 6.07 Å². The zero-order valence-corrected chi connectivity index (χ0v) is 10.5. The normalized spacial score (nSPS) is 10.2. The maximum atomic E-state index is 9.23. The van der Waals surface area contributed by atoms with E-state index in [4.69, 9.17) is 10.5 Å². The van der Waals surface area contributed by atoms with Crippen LogP contribution in [0.5, 0.6) is 0 Å². The second-order valence-electron chi connectivity index (χ2n) is 4.09. The van der Waals surface area contributed by atoms with Crippen LogP contribution >= 0.6 is 0 Å². The third-order valence-corrected chi connectivity index (χ3v) is 2.80. The molecule has 0 aliphatic carbocycles. The Labute approximate surface area is 117 Å². The smallest absolute Gasteiger partial charge is 0.0998 e. The van der Waals surface area contributed by atoms with E-state index >= 15 is 0 Å². The average Bonchev–Trinajstić information content (AvgIpc) is 2.53. The monoisotopic (exact) mass is 255 g/mol. The number of benzene rings is 2. The highest BCUT2D eigenvalue weighted by molar-refractivity contribution is 5.89. The number of nitriles is 3. The molecule has 0 aliphatic rings. The van der Waals surface area contributed by atoms with Gasteiger partial charge in [-0.1, -0.05) is 24.3 Å². The van der Waals surface area contributed by atoms with Gasteiger partial charge in [0.15, 0.2) is 0 Å². The van der Waals surface area contributed by atoms with Crippen LogP contribution in [0.2, 0.25) is 0 Å². The third kappa shape index (κ3) is 2.91. The van der Waals surface area contributed by atoms with Crippen LogP contribution in [0.15, 0.2) is 48.5 Å². The van der Waals surface area contributed by atoms with Crippen LogP contribution in [0.25, 0.3) is 11.6 Å². The van der Waals surface area contributed by atoms with Crippen molar-refractivity contribution in [1.29, 1.82) is 15.8 Å². The lowest BCUT2D eigenvalue weighted by Gasteiger charge is -2.00. The zero-order valence-electron chi connectivity index (χ0n) is 10.5. The molecule has 0 unspecified atom stereocenters. The molecule has 2 aromatic carbocycles. The molecule has 92 valence electrons. The van der Waals surface area contributed by atoms with Crippen LogP contribution in [0.4, 0.5) is 0 Å². The van der Waals surface area contributed by atoms with Crippen molar-refractivity contribution in [2.45, 2.75) is 0 Å². The molecule has 20 heavy (non-hydrogen) atoms. The maximum Gasteiger partial charge on any atom is 0.0998 e. The quantitative estimate of drug-likeness (QED) is 0.609. The van der Waals surface area contributed by atoms with E-state index in [1.807, 2.05) is 12.1 Å². The van der Waals surface area contributed by atoms with Gasteiger partial charge in [0.1, 0.15) is 0 Å². The van der Waals surface area contributed by atoms with Gasteiger partial charge in [0.25, 0.3) is 0 Å². The zero-order chi connectivity index (χ0) is 14.4. The van der Waals surface area contributed by atoms with Crippen molar-refractivity contribution in [2.75, 3.05) is 0 Å². The van der Waals surface area contributed by atoms with Gasteiger partial charge in [-0.2, -0.15) is 15.8 Å². The van der Waals surface area contributed by atoms with Gasteiger partial charge < -0.3 is 0 Å². The molecule has 0 aromatic heterocycles. The highest BCUT2D eigenvalue weighted by Gasteiger charge is 2.01. The fourth-order valence-corrected chi connectivity index (χ4v) is 1.73. The first-order valence-corrected chi connectivity index (χ1v) is 5.89. The van der Waals surface area contributed by atoms with Gasteiger partial charge in [0.2, 0.25) is 0 Å². The van der Waals surface area contributed by atoms with Crippen molar-refractivity contribution >= 4 is 11.6 Å². The Balaban J connectivity index is 2.36. The molecule has 0 radical (unpaired) electrons. The number of hydrogen-bond donors (Lipinski definition) is 0. The van der Waals surface area contributed by atoms with E-state index in [1.54, 1.807) is 54.6 Å². The fourth-order valence-electron chi connectivity index (χ4n) is 1.73. The molecule has 0 aliphatic heterocycles. The number of nitrogens with zero attached hydrogens (tertiary/aromatic N) is 3. The molecule has 0 saturated carbocycles. The standard InChI is InChI=1S/C17H9N3/c18-10-14-3-1-13(2-4-14)9-17(12-20)16-7-5-15(11-19)6-8-16/h1-9H/b17-9-. The molecule has 0 amide bonds. The Bertz CT molecular complexity index is 761. The van der Waals surface area contributed by atoms with Crippen LogP contribution in [0.3, 0.4) is 0 Å². The van der Waals surface area contributed by atoms with Gasteiger partial charge >= 0.3 is 0 Å². The molecule has 0 fully saturated rings. The SMILES string of the molecule is N#C/C(=C/c1ccc(C#N)cc1)c1ccc(C#N)cc1. The summed E-state index contributed by atoms with van der Waals surface area (Å²) in [5.41, 5.74) is 3.27. The van der Waals surface area contributed by atoms with Crippen molar-refractivity contribution < 1.29 is 0 Å². The summed E-state index contributed by atoms with van der Waals surface area (Å²) in [6, 6.07) is 20.1.